The summed E-state index contributed by atoms with van der Waals surface area (Å²) in [6, 6.07) is -4.38. The first kappa shape index (κ1) is 69.3. The number of nitrogens with zero attached hydrogens (tertiary/aromatic N) is 3. The number of hydrogen-bond acceptors (Lipinski definition) is 19. The summed E-state index contributed by atoms with van der Waals surface area (Å²) in [6.07, 6.45) is 9.08. The maximum Gasteiger partial charge on any atom is 0.239 e. The van der Waals surface area contributed by atoms with Crippen LogP contribution in [-0.2, 0) is 24.0 Å². The summed E-state index contributed by atoms with van der Waals surface area (Å²) in [5.74, 6) is -1.32. The van der Waals surface area contributed by atoms with E-state index >= 15 is 0 Å². The third-order valence-corrected chi connectivity index (χ3v) is 12.7. The van der Waals surface area contributed by atoms with Gasteiger partial charge in [0.15, 0.2) is 5.97 Å². The van der Waals surface area contributed by atoms with E-state index in [0.717, 1.165) is 6.42 Å². The molecule has 22 N–H and O–H groups in total. The average molecular weight is 1070 g/mol. The molecule has 0 aromatic heterocycles. The molecule has 0 aliphatic rings. The molecule has 5 amide bonds. The molecule has 5 unspecified atom stereocenters. The molecule has 74 heavy (non-hydrogen) atoms. The average Bonchev–Trinajstić information content (AvgIpc) is 3.36. The van der Waals surface area contributed by atoms with Crippen molar-refractivity contribution >= 4 is 71.4 Å². The highest BCUT2D eigenvalue weighted by atomic mass is 32.2. The van der Waals surface area contributed by atoms with Gasteiger partial charge in [-0.15, -0.1) is 0 Å². The molecular formula is C47H95FN20O5S. The van der Waals surface area contributed by atoms with E-state index in [4.69, 9.17) is 55.7 Å². The van der Waals surface area contributed by atoms with Crippen LogP contribution in [0.4, 0.5) is 4.39 Å². The van der Waals surface area contributed by atoms with E-state index in [-0.39, 0.29) is 58.9 Å². The molecule has 0 heterocycles. The van der Waals surface area contributed by atoms with Gasteiger partial charge >= 0.3 is 0 Å². The largest absolute Gasteiger partial charge is 0.374 e. The van der Waals surface area contributed by atoms with Gasteiger partial charge in [-0.05, 0) is 91.3 Å². The Morgan fingerprint density at radius 1 is 0.486 bits per heavy atom. The van der Waals surface area contributed by atoms with Crippen molar-refractivity contribution in [2.45, 2.75) is 121 Å². The van der Waals surface area contributed by atoms with E-state index in [9.17, 15) is 28.4 Å². The van der Waals surface area contributed by atoms with Gasteiger partial charge in [-0.25, -0.2) is 0 Å². The van der Waals surface area contributed by atoms with Crippen LogP contribution in [0.1, 0.15) is 90.9 Å². The Morgan fingerprint density at radius 2 is 0.851 bits per heavy atom. The number of thioether (sulfide) groups is 1. The Kier molecular flexibility index (Phi) is 41.7. The summed E-state index contributed by atoms with van der Waals surface area (Å²) in [5.41, 5.74) is 31.9. The maximum absolute atomic E-state index is 14.3. The number of amides is 5. The predicted molar refractivity (Wildman–Crippen MR) is 296 cm³/mol. The molecule has 0 spiro atoms. The smallest absolute Gasteiger partial charge is 0.239 e. The van der Waals surface area contributed by atoms with Crippen molar-refractivity contribution in [3.05, 3.63) is 0 Å². The van der Waals surface area contributed by atoms with E-state index in [2.05, 4.69) is 37.2 Å². The minimum atomic E-state index is -0.963. The van der Waals surface area contributed by atoms with Crippen LogP contribution >= 0.6 is 11.8 Å². The van der Waals surface area contributed by atoms with Crippen LogP contribution in [0.2, 0.25) is 0 Å². The molecule has 0 saturated heterocycles. The molecule has 5 atom stereocenters. The standard InChI is InChI=1S/C47H95FN20O5S/c1-35(51)62-20-10-6-14-39(55)46(72)67(27-24-65-44(70)41(57)34-74-32-25-63-36(2)52)29-31-68(47(73)40(56)13-5-8-18-60-22-16-50)30-28-66(45(71)38(54)12-4-7-17-59-21-15-49)26-23-64-43(69)37(53)11-3-9-19-61-33-42(48)58/h15-16,37-41,49-50,58-61H,3-14,17-34,53-57H2,1-2H3,(H2,51,62)(H2,52,63)(H,64,69)(H,65,70). The quantitative estimate of drug-likeness (QED) is 0.0177. The Labute approximate surface area is 443 Å². The normalized spacial score (nSPS) is 13.1. The van der Waals surface area contributed by atoms with Crippen molar-refractivity contribution in [1.29, 1.82) is 27.0 Å². The minimum absolute atomic E-state index is 0.00394. The van der Waals surface area contributed by atoms with Crippen molar-refractivity contribution in [2.75, 3.05) is 116 Å². The number of rotatable bonds is 48. The first-order valence-corrected chi connectivity index (χ1v) is 27.2. The summed E-state index contributed by atoms with van der Waals surface area (Å²) in [5, 5.41) is 57.0. The van der Waals surface area contributed by atoms with Crippen LogP contribution in [0.25, 0.3) is 0 Å². The Balaban J connectivity index is 6.46. The summed E-state index contributed by atoms with van der Waals surface area (Å²) >= 11 is 1.47. The van der Waals surface area contributed by atoms with Crippen LogP contribution in [-0.4, -0.2) is 221 Å². The fraction of sp³-hybridized carbons (Fsp3) is 0.787. The molecule has 0 aliphatic heterocycles. The number of unbranched alkanes of at least 4 members (excludes halogenated alkanes) is 4. The van der Waals surface area contributed by atoms with E-state index in [1.165, 1.54) is 38.9 Å². The Morgan fingerprint density at radius 3 is 1.26 bits per heavy atom. The molecule has 0 fully saturated rings. The highest BCUT2D eigenvalue weighted by molar-refractivity contribution is 7.99. The Hall–Kier alpha value is -4.74. The zero-order valence-corrected chi connectivity index (χ0v) is 45.1. The number of nitrogens with two attached hydrogens (primary N) is 5. The fourth-order valence-corrected chi connectivity index (χ4v) is 8.14. The summed E-state index contributed by atoms with van der Waals surface area (Å²) < 4.78 is 12.7. The zero-order valence-electron chi connectivity index (χ0n) is 44.3. The van der Waals surface area contributed by atoms with Gasteiger partial charge in [0.2, 0.25) is 29.5 Å². The number of hydrogen-bond donors (Lipinski definition) is 17. The number of amidine groups is 2. The molecular weight excluding hydrogens is 976 g/mol. The number of nitrogens with one attached hydrogen (secondary N) is 12. The van der Waals surface area contributed by atoms with Gasteiger partial charge < -0.3 is 91.4 Å². The van der Waals surface area contributed by atoms with Crippen molar-refractivity contribution < 1.29 is 28.4 Å². The topological polar surface area (TPSA) is 429 Å². The van der Waals surface area contributed by atoms with Crippen molar-refractivity contribution in [2.24, 2.45) is 28.7 Å². The molecule has 0 saturated carbocycles. The highest BCUT2D eigenvalue weighted by Gasteiger charge is 2.28. The van der Waals surface area contributed by atoms with E-state index in [1.54, 1.807) is 13.8 Å². The SMILES string of the molecule is CC(=N)NCCCCC(N)C(=O)N(CCNC(=O)C(N)CSCCNC(C)=N)CCN(CCN(CCNC(=O)C(N)CCCCNCC(=N)F)C(=O)C(N)CCCCNCC=N)C(=O)C(N)CCCCNCC=N. The summed E-state index contributed by atoms with van der Waals surface area (Å²) in [4.78, 5) is 73.0. The molecule has 426 valence electrons. The monoisotopic (exact) mass is 1070 g/mol. The van der Waals surface area contributed by atoms with Gasteiger partial charge in [-0.3, -0.25) is 40.2 Å². The maximum atomic E-state index is 14.3. The second kappa shape index (κ2) is 44.5. The van der Waals surface area contributed by atoms with Crippen LogP contribution in [0.3, 0.4) is 0 Å². The third-order valence-electron chi connectivity index (χ3n) is 11.6. The lowest BCUT2D eigenvalue weighted by atomic mass is 10.1. The lowest BCUT2D eigenvalue weighted by molar-refractivity contribution is -0.138. The van der Waals surface area contributed by atoms with Crippen LogP contribution < -0.4 is 65.9 Å². The van der Waals surface area contributed by atoms with E-state index in [1.807, 2.05) is 0 Å². The predicted octanol–water partition coefficient (Wildman–Crippen LogP) is -2.06. The first-order valence-electron chi connectivity index (χ1n) is 26.0. The highest BCUT2D eigenvalue weighted by Crippen LogP contribution is 2.10. The molecule has 0 radical (unpaired) electrons. The van der Waals surface area contributed by atoms with Crippen molar-refractivity contribution in [3.8, 4) is 0 Å². The van der Waals surface area contributed by atoms with Crippen LogP contribution in [0.5, 0.6) is 0 Å². The van der Waals surface area contributed by atoms with Crippen LogP contribution in [0, 0.1) is 27.0 Å². The van der Waals surface area contributed by atoms with Gasteiger partial charge in [-0.2, -0.15) is 16.2 Å². The van der Waals surface area contributed by atoms with Gasteiger partial charge in [0.1, 0.15) is 0 Å². The number of carbonyl (C=O) groups excluding carboxylic acids is 5. The van der Waals surface area contributed by atoms with Gasteiger partial charge in [0, 0.05) is 102 Å². The Bertz CT molecular complexity index is 1660. The van der Waals surface area contributed by atoms with Crippen LogP contribution in [0.15, 0.2) is 0 Å². The molecule has 0 aromatic carbocycles. The summed E-state index contributed by atoms with van der Waals surface area (Å²) in [6.45, 7) is 6.97. The zero-order chi connectivity index (χ0) is 55.5. The molecule has 0 rings (SSSR count). The number of halogens is 1. The molecule has 0 aliphatic carbocycles. The van der Waals surface area contributed by atoms with Gasteiger partial charge in [0.05, 0.1) is 48.4 Å². The molecule has 27 heteroatoms. The molecule has 25 nitrogen and oxygen atoms in total. The summed E-state index contributed by atoms with van der Waals surface area (Å²) in [7, 11) is 0. The number of carbonyl (C=O) groups is 5. The van der Waals surface area contributed by atoms with Crippen molar-refractivity contribution in [1.82, 2.24) is 51.9 Å². The fourth-order valence-electron chi connectivity index (χ4n) is 7.33. The van der Waals surface area contributed by atoms with Gasteiger partial charge in [-0.1, -0.05) is 19.3 Å². The third kappa shape index (κ3) is 36.2. The van der Waals surface area contributed by atoms with Gasteiger partial charge in [0.25, 0.3) is 0 Å². The van der Waals surface area contributed by atoms with E-state index in [0.29, 0.717) is 140 Å². The lowest BCUT2D eigenvalue weighted by Crippen LogP contribution is -2.54. The lowest BCUT2D eigenvalue weighted by Gasteiger charge is -2.33. The molecule has 0 bridgehead atoms. The van der Waals surface area contributed by atoms with Crippen molar-refractivity contribution in [3.63, 3.8) is 0 Å². The second-order valence-corrected chi connectivity index (χ2v) is 19.3. The molecule has 0 aromatic rings. The minimum Gasteiger partial charge on any atom is -0.374 e. The van der Waals surface area contributed by atoms with E-state index < -0.39 is 65.7 Å². The second-order valence-electron chi connectivity index (χ2n) is 18.2. The first-order chi connectivity index (χ1) is 35.4.